The molecule has 2 bridgehead atoms. The van der Waals surface area contributed by atoms with E-state index in [0.29, 0.717) is 0 Å². The van der Waals surface area contributed by atoms with Crippen LogP contribution in [0.4, 0.5) is 0 Å². The van der Waals surface area contributed by atoms with Crippen LogP contribution < -0.4 is 10.3 Å². The van der Waals surface area contributed by atoms with E-state index in [1.54, 1.807) is 4.57 Å². The molecule has 1 fully saturated rings. The van der Waals surface area contributed by atoms with Crippen molar-refractivity contribution in [1.29, 1.82) is 0 Å². The highest BCUT2D eigenvalue weighted by Crippen LogP contribution is 2.47. The second-order valence-electron chi connectivity index (χ2n) is 5.76. The number of benzene rings is 1. The van der Waals surface area contributed by atoms with E-state index < -0.39 is 0 Å². The Balaban J connectivity index is 2.10. The average molecular weight is 334 g/mol. The predicted octanol–water partition coefficient (Wildman–Crippen LogP) is 3.33. The van der Waals surface area contributed by atoms with E-state index in [4.69, 9.17) is 4.74 Å². The molecule has 1 saturated carbocycles. The molecule has 2 aliphatic rings. The van der Waals surface area contributed by atoms with E-state index in [1.807, 2.05) is 25.2 Å². The van der Waals surface area contributed by atoms with Gasteiger partial charge in [-0.2, -0.15) is 0 Å². The highest BCUT2D eigenvalue weighted by Gasteiger charge is 2.42. The molecule has 4 rings (SSSR count). The standard InChI is InChI=1S/C16H16BrNO2/c1-18-11-7-3-2-5-9(11)15-13(16(18)19)10-6-4-8-12(20-15)14(10)17/h2-3,5,7,10,12,14H,4,6,8H2,1H3. The second kappa shape index (κ2) is 4.35. The van der Waals surface area contributed by atoms with Crippen molar-refractivity contribution in [3.63, 3.8) is 0 Å². The van der Waals surface area contributed by atoms with Gasteiger partial charge in [-0.05, 0) is 31.4 Å². The molecule has 104 valence electrons. The number of pyridine rings is 1. The second-order valence-corrected chi connectivity index (χ2v) is 6.82. The van der Waals surface area contributed by atoms with Crippen molar-refractivity contribution in [1.82, 2.24) is 4.57 Å². The van der Waals surface area contributed by atoms with E-state index >= 15 is 0 Å². The lowest BCUT2D eigenvalue weighted by atomic mass is 9.80. The minimum atomic E-state index is 0.0912. The van der Waals surface area contributed by atoms with Gasteiger partial charge in [0.25, 0.3) is 5.56 Å². The summed E-state index contributed by atoms with van der Waals surface area (Å²) >= 11 is 3.75. The maximum absolute atomic E-state index is 12.7. The zero-order valence-corrected chi connectivity index (χ0v) is 12.9. The number of halogens is 1. The van der Waals surface area contributed by atoms with Gasteiger partial charge in [-0.1, -0.05) is 28.1 Å². The van der Waals surface area contributed by atoms with Gasteiger partial charge in [0.1, 0.15) is 11.9 Å². The number of para-hydroxylation sites is 1. The first-order chi connectivity index (χ1) is 9.68. The van der Waals surface area contributed by atoms with Gasteiger partial charge in [-0.15, -0.1) is 0 Å². The maximum atomic E-state index is 12.7. The fraction of sp³-hybridized carbons (Fsp3) is 0.438. The minimum absolute atomic E-state index is 0.0912. The molecule has 2 aromatic rings. The van der Waals surface area contributed by atoms with Crippen molar-refractivity contribution in [3.8, 4) is 5.75 Å². The molecule has 3 nitrogen and oxygen atoms in total. The number of rotatable bonds is 0. The summed E-state index contributed by atoms with van der Waals surface area (Å²) in [5.41, 5.74) is 1.90. The Morgan fingerprint density at radius 2 is 2.10 bits per heavy atom. The molecule has 1 aliphatic carbocycles. The Kier molecular flexibility index (Phi) is 2.71. The molecular weight excluding hydrogens is 318 g/mol. The summed E-state index contributed by atoms with van der Waals surface area (Å²) in [6.45, 7) is 0. The van der Waals surface area contributed by atoms with Crippen LogP contribution in [0.5, 0.6) is 5.75 Å². The topological polar surface area (TPSA) is 31.2 Å². The van der Waals surface area contributed by atoms with Crippen LogP contribution in [0, 0.1) is 0 Å². The number of ether oxygens (including phenoxy) is 1. The summed E-state index contributed by atoms with van der Waals surface area (Å²) in [7, 11) is 1.85. The lowest BCUT2D eigenvalue weighted by molar-refractivity contribution is 0.130. The number of aromatic nitrogens is 1. The van der Waals surface area contributed by atoms with E-state index in [9.17, 15) is 4.79 Å². The Morgan fingerprint density at radius 1 is 1.30 bits per heavy atom. The Labute approximate surface area is 125 Å². The van der Waals surface area contributed by atoms with Crippen molar-refractivity contribution in [2.75, 3.05) is 0 Å². The summed E-state index contributed by atoms with van der Waals surface area (Å²) in [5, 5.41) is 1.06. The molecule has 0 amide bonds. The lowest BCUT2D eigenvalue weighted by Crippen LogP contribution is -2.43. The smallest absolute Gasteiger partial charge is 0.258 e. The first kappa shape index (κ1) is 12.5. The fourth-order valence-electron chi connectivity index (χ4n) is 3.64. The van der Waals surface area contributed by atoms with E-state index in [1.165, 1.54) is 0 Å². The number of hydrogen-bond acceptors (Lipinski definition) is 2. The van der Waals surface area contributed by atoms with Crippen LogP contribution in [0.3, 0.4) is 0 Å². The SMILES string of the molecule is Cn1c(=O)c2c(c3ccccc31)OC1CCCC2C1Br. The van der Waals surface area contributed by atoms with Crippen LogP contribution in [0.15, 0.2) is 29.1 Å². The summed E-state index contributed by atoms with van der Waals surface area (Å²) < 4.78 is 7.96. The third-order valence-electron chi connectivity index (χ3n) is 4.67. The number of nitrogens with zero attached hydrogens (tertiary/aromatic N) is 1. The van der Waals surface area contributed by atoms with E-state index in [0.717, 1.165) is 41.5 Å². The Hall–Kier alpha value is -1.29. The number of fused-ring (bicyclic) bond motifs is 6. The molecule has 0 radical (unpaired) electrons. The van der Waals surface area contributed by atoms with Gasteiger partial charge in [0.15, 0.2) is 0 Å². The van der Waals surface area contributed by atoms with Crippen LogP contribution in [-0.4, -0.2) is 15.5 Å². The molecule has 3 unspecified atom stereocenters. The number of aryl methyl sites for hydroxylation is 1. The van der Waals surface area contributed by atoms with Gasteiger partial charge >= 0.3 is 0 Å². The molecule has 0 N–H and O–H groups in total. The average Bonchev–Trinajstić information content (AvgIpc) is 2.45. The van der Waals surface area contributed by atoms with Crippen LogP contribution >= 0.6 is 15.9 Å². The van der Waals surface area contributed by atoms with Gasteiger partial charge in [0.05, 0.1) is 15.9 Å². The molecule has 1 aliphatic heterocycles. The summed E-state index contributed by atoms with van der Waals surface area (Å²) in [6.07, 6.45) is 3.45. The van der Waals surface area contributed by atoms with Gasteiger partial charge in [-0.25, -0.2) is 0 Å². The van der Waals surface area contributed by atoms with Gasteiger partial charge in [0, 0.05) is 18.4 Å². The normalized spacial score (nSPS) is 28.0. The van der Waals surface area contributed by atoms with E-state index in [-0.39, 0.29) is 22.4 Å². The summed E-state index contributed by atoms with van der Waals surface area (Å²) in [6, 6.07) is 8.01. The van der Waals surface area contributed by atoms with Gasteiger partial charge < -0.3 is 9.30 Å². The Bertz CT molecular complexity index is 752. The van der Waals surface area contributed by atoms with Crippen molar-refractivity contribution in [2.45, 2.75) is 36.1 Å². The quantitative estimate of drug-likeness (QED) is 0.692. The number of alkyl halides is 1. The largest absolute Gasteiger partial charge is 0.488 e. The van der Waals surface area contributed by atoms with Crippen LogP contribution in [0.1, 0.15) is 30.7 Å². The highest BCUT2D eigenvalue weighted by molar-refractivity contribution is 9.09. The fourth-order valence-corrected chi connectivity index (χ4v) is 4.54. The first-order valence-electron chi connectivity index (χ1n) is 7.11. The zero-order chi connectivity index (χ0) is 13.9. The minimum Gasteiger partial charge on any atom is -0.488 e. The van der Waals surface area contributed by atoms with Gasteiger partial charge in [0.2, 0.25) is 0 Å². The van der Waals surface area contributed by atoms with Crippen molar-refractivity contribution < 1.29 is 4.74 Å². The zero-order valence-electron chi connectivity index (χ0n) is 11.3. The maximum Gasteiger partial charge on any atom is 0.258 e. The third kappa shape index (κ3) is 1.54. The van der Waals surface area contributed by atoms with Crippen molar-refractivity contribution in [2.24, 2.45) is 7.05 Å². The molecular formula is C16H16BrNO2. The molecule has 1 aromatic carbocycles. The Morgan fingerprint density at radius 3 is 2.95 bits per heavy atom. The summed E-state index contributed by atoms with van der Waals surface area (Å²) in [4.78, 5) is 13.0. The monoisotopic (exact) mass is 333 g/mol. The molecule has 20 heavy (non-hydrogen) atoms. The highest BCUT2D eigenvalue weighted by atomic mass is 79.9. The van der Waals surface area contributed by atoms with Crippen molar-refractivity contribution >= 4 is 26.8 Å². The molecule has 4 heteroatoms. The van der Waals surface area contributed by atoms with Gasteiger partial charge in [-0.3, -0.25) is 4.79 Å². The molecule has 1 aromatic heterocycles. The lowest BCUT2D eigenvalue weighted by Gasteiger charge is -2.40. The third-order valence-corrected chi connectivity index (χ3v) is 5.90. The molecule has 3 atom stereocenters. The predicted molar refractivity (Wildman–Crippen MR) is 82.9 cm³/mol. The van der Waals surface area contributed by atoms with E-state index in [2.05, 4.69) is 22.0 Å². The van der Waals surface area contributed by atoms with Crippen LogP contribution in [-0.2, 0) is 7.05 Å². The first-order valence-corrected chi connectivity index (χ1v) is 8.02. The summed E-state index contributed by atoms with van der Waals surface area (Å²) in [5.74, 6) is 1.11. The number of hydrogen-bond donors (Lipinski definition) is 0. The molecule has 0 spiro atoms. The molecule has 2 heterocycles. The van der Waals surface area contributed by atoms with Crippen LogP contribution in [0.25, 0.3) is 10.9 Å². The van der Waals surface area contributed by atoms with Crippen LogP contribution in [0.2, 0.25) is 0 Å². The molecule has 0 saturated heterocycles. The van der Waals surface area contributed by atoms with Crippen molar-refractivity contribution in [3.05, 3.63) is 40.2 Å².